The largest absolute Gasteiger partial charge is 0.296 e. The van der Waals surface area contributed by atoms with Crippen LogP contribution in [0.25, 0.3) is 4.96 Å². The number of aldehydes is 1. The number of nitrogens with zero attached hydrogens (tertiary/aromatic N) is 2. The van der Waals surface area contributed by atoms with Crippen molar-refractivity contribution in [1.29, 1.82) is 0 Å². The zero-order valence-corrected chi connectivity index (χ0v) is 8.39. The fourth-order valence-corrected chi connectivity index (χ4v) is 2.34. The Morgan fingerprint density at radius 3 is 3.08 bits per heavy atom. The quantitative estimate of drug-likeness (QED) is 0.686. The number of imidazole rings is 1. The molecule has 0 aliphatic carbocycles. The van der Waals surface area contributed by atoms with Crippen LogP contribution in [0.4, 0.5) is 0 Å². The lowest BCUT2D eigenvalue weighted by Crippen LogP contribution is -1.94. The molecule has 0 aliphatic heterocycles. The molecular formula is C9H10N2OS. The Balaban J connectivity index is 2.83. The van der Waals surface area contributed by atoms with Gasteiger partial charge in [0.05, 0.1) is 5.69 Å². The topological polar surface area (TPSA) is 34.4 Å². The molecule has 0 spiro atoms. The number of fused-ring (bicyclic) bond motifs is 1. The molecule has 2 aromatic rings. The summed E-state index contributed by atoms with van der Waals surface area (Å²) in [4.78, 5) is 16.1. The first kappa shape index (κ1) is 8.44. The summed E-state index contributed by atoms with van der Waals surface area (Å²) in [5.74, 6) is 0. The highest BCUT2D eigenvalue weighted by atomic mass is 32.1. The molecule has 2 heterocycles. The number of aromatic nitrogens is 2. The van der Waals surface area contributed by atoms with E-state index in [-0.39, 0.29) is 0 Å². The lowest BCUT2D eigenvalue weighted by Gasteiger charge is -1.93. The van der Waals surface area contributed by atoms with Crippen LogP contribution in [-0.4, -0.2) is 15.7 Å². The summed E-state index contributed by atoms with van der Waals surface area (Å²) in [6.45, 7) is 3.99. The highest BCUT2D eigenvalue weighted by Crippen LogP contribution is 2.19. The van der Waals surface area contributed by atoms with Crippen LogP contribution in [0, 0.1) is 6.92 Å². The normalized spacial score (nSPS) is 10.9. The van der Waals surface area contributed by atoms with Crippen LogP contribution in [0.5, 0.6) is 0 Å². The van der Waals surface area contributed by atoms with Gasteiger partial charge in [-0.3, -0.25) is 9.20 Å². The number of carbonyl (C=O) groups is 1. The van der Waals surface area contributed by atoms with E-state index < -0.39 is 0 Å². The van der Waals surface area contributed by atoms with Crippen molar-refractivity contribution in [3.8, 4) is 0 Å². The summed E-state index contributed by atoms with van der Waals surface area (Å²) < 4.78 is 1.91. The van der Waals surface area contributed by atoms with Crippen LogP contribution < -0.4 is 0 Å². The van der Waals surface area contributed by atoms with Crippen molar-refractivity contribution in [2.45, 2.75) is 20.3 Å². The molecule has 0 N–H and O–H groups in total. The van der Waals surface area contributed by atoms with E-state index >= 15 is 0 Å². The summed E-state index contributed by atoms with van der Waals surface area (Å²) in [5.41, 5.74) is 2.68. The maximum atomic E-state index is 10.9. The van der Waals surface area contributed by atoms with Gasteiger partial charge in [0.2, 0.25) is 0 Å². The fraction of sp³-hybridized carbons (Fsp3) is 0.333. The van der Waals surface area contributed by atoms with Crippen LogP contribution in [-0.2, 0) is 6.42 Å². The monoisotopic (exact) mass is 194 g/mol. The number of hydrogen-bond acceptors (Lipinski definition) is 3. The molecule has 0 saturated carbocycles. The average Bonchev–Trinajstić information content (AvgIpc) is 2.65. The summed E-state index contributed by atoms with van der Waals surface area (Å²) in [7, 11) is 0. The van der Waals surface area contributed by atoms with Crippen LogP contribution in [0.15, 0.2) is 5.38 Å². The van der Waals surface area contributed by atoms with Crippen molar-refractivity contribution in [1.82, 2.24) is 9.38 Å². The zero-order chi connectivity index (χ0) is 9.42. The molecule has 0 bridgehead atoms. The van der Waals surface area contributed by atoms with Gasteiger partial charge in [0.1, 0.15) is 5.69 Å². The van der Waals surface area contributed by atoms with Crippen LogP contribution in [0.3, 0.4) is 0 Å². The molecule has 0 aliphatic rings. The van der Waals surface area contributed by atoms with E-state index in [1.807, 2.05) is 23.6 Å². The number of carbonyl (C=O) groups excluding carboxylic acids is 1. The Kier molecular flexibility index (Phi) is 1.92. The van der Waals surface area contributed by atoms with Gasteiger partial charge in [-0.25, -0.2) is 4.98 Å². The van der Waals surface area contributed by atoms with E-state index in [0.717, 1.165) is 29.1 Å². The lowest BCUT2D eigenvalue weighted by atomic mass is 10.3. The van der Waals surface area contributed by atoms with Crippen LogP contribution in [0.2, 0.25) is 0 Å². The summed E-state index contributed by atoms with van der Waals surface area (Å²) >= 11 is 1.57. The van der Waals surface area contributed by atoms with Gasteiger partial charge in [-0.1, -0.05) is 6.92 Å². The molecule has 0 fully saturated rings. The first-order valence-corrected chi connectivity index (χ1v) is 5.06. The second-order valence-electron chi connectivity index (χ2n) is 2.91. The van der Waals surface area contributed by atoms with Gasteiger partial charge in [0, 0.05) is 11.1 Å². The number of hydrogen-bond donors (Lipinski definition) is 0. The second-order valence-corrected chi connectivity index (χ2v) is 3.75. The van der Waals surface area contributed by atoms with Crippen molar-refractivity contribution in [3.05, 3.63) is 22.5 Å². The Hall–Kier alpha value is -1.16. The van der Waals surface area contributed by atoms with Gasteiger partial charge in [-0.15, -0.1) is 11.3 Å². The maximum Gasteiger partial charge on any atom is 0.194 e. The van der Waals surface area contributed by atoms with Crippen molar-refractivity contribution in [2.24, 2.45) is 0 Å². The van der Waals surface area contributed by atoms with E-state index in [9.17, 15) is 4.79 Å². The highest BCUT2D eigenvalue weighted by Gasteiger charge is 2.12. The Bertz CT molecular complexity index is 455. The number of aryl methyl sites for hydroxylation is 2. The SMILES string of the molecule is CCc1nc2scc(C)n2c1C=O. The second kappa shape index (κ2) is 2.96. The maximum absolute atomic E-state index is 10.9. The molecule has 2 rings (SSSR count). The predicted molar refractivity (Wildman–Crippen MR) is 52.6 cm³/mol. The zero-order valence-electron chi connectivity index (χ0n) is 7.57. The summed E-state index contributed by atoms with van der Waals surface area (Å²) in [5, 5.41) is 2.01. The van der Waals surface area contributed by atoms with Crippen molar-refractivity contribution in [3.63, 3.8) is 0 Å². The van der Waals surface area contributed by atoms with E-state index in [2.05, 4.69) is 4.98 Å². The first-order chi connectivity index (χ1) is 6.27. The standard InChI is InChI=1S/C9H10N2OS/c1-3-7-8(4-12)11-6(2)5-13-9(11)10-7/h4-5H,3H2,1-2H3. The van der Waals surface area contributed by atoms with Crippen molar-refractivity contribution in [2.75, 3.05) is 0 Å². The van der Waals surface area contributed by atoms with Gasteiger partial charge < -0.3 is 0 Å². The Morgan fingerprint density at radius 1 is 1.69 bits per heavy atom. The lowest BCUT2D eigenvalue weighted by molar-refractivity contribution is 0.111. The number of thiazole rings is 1. The molecule has 3 nitrogen and oxygen atoms in total. The Morgan fingerprint density at radius 2 is 2.46 bits per heavy atom. The van der Waals surface area contributed by atoms with Gasteiger partial charge in [0.15, 0.2) is 11.2 Å². The molecule has 0 aromatic carbocycles. The fourth-order valence-electron chi connectivity index (χ4n) is 1.45. The molecule has 0 saturated heterocycles. The molecule has 0 atom stereocenters. The number of rotatable bonds is 2. The first-order valence-electron chi connectivity index (χ1n) is 4.18. The minimum atomic E-state index is 0.705. The van der Waals surface area contributed by atoms with Gasteiger partial charge in [-0.2, -0.15) is 0 Å². The van der Waals surface area contributed by atoms with E-state index in [4.69, 9.17) is 0 Å². The third kappa shape index (κ3) is 1.09. The van der Waals surface area contributed by atoms with Crippen LogP contribution in [0.1, 0.15) is 28.8 Å². The Labute approximate surface area is 80.0 Å². The highest BCUT2D eigenvalue weighted by molar-refractivity contribution is 7.15. The van der Waals surface area contributed by atoms with E-state index in [0.29, 0.717) is 5.69 Å². The van der Waals surface area contributed by atoms with Gasteiger partial charge >= 0.3 is 0 Å². The van der Waals surface area contributed by atoms with Crippen molar-refractivity contribution >= 4 is 22.6 Å². The summed E-state index contributed by atoms with van der Waals surface area (Å²) in [6, 6.07) is 0. The third-order valence-electron chi connectivity index (χ3n) is 2.09. The van der Waals surface area contributed by atoms with E-state index in [1.165, 1.54) is 0 Å². The molecular weight excluding hydrogens is 184 g/mol. The van der Waals surface area contributed by atoms with Gasteiger partial charge in [-0.05, 0) is 13.3 Å². The third-order valence-corrected chi connectivity index (χ3v) is 3.04. The molecule has 0 amide bonds. The van der Waals surface area contributed by atoms with E-state index in [1.54, 1.807) is 11.3 Å². The molecule has 2 aromatic heterocycles. The average molecular weight is 194 g/mol. The predicted octanol–water partition coefficient (Wildman–Crippen LogP) is 2.08. The van der Waals surface area contributed by atoms with Crippen LogP contribution >= 0.6 is 11.3 Å². The summed E-state index contributed by atoms with van der Waals surface area (Å²) in [6.07, 6.45) is 1.69. The molecule has 13 heavy (non-hydrogen) atoms. The van der Waals surface area contributed by atoms with Crippen molar-refractivity contribution < 1.29 is 4.79 Å². The smallest absolute Gasteiger partial charge is 0.194 e. The molecule has 4 heteroatoms. The molecule has 68 valence electrons. The van der Waals surface area contributed by atoms with Gasteiger partial charge in [0.25, 0.3) is 0 Å². The minimum Gasteiger partial charge on any atom is -0.296 e. The molecule has 0 unspecified atom stereocenters. The minimum absolute atomic E-state index is 0.705. The molecule has 0 radical (unpaired) electrons.